The molecule has 0 aromatic heterocycles. The number of sulfonamides is 1. The van der Waals surface area contributed by atoms with E-state index in [4.69, 9.17) is 0 Å². The largest absolute Gasteiger partial charge is 0.309 e. The molecule has 120 valence electrons. The standard InChI is InChI=1S/C15H12F2N2O3S/c16-10-6-7-12(17)14(8-10)23(21,22)18-13-9-19(15(13)20)11-4-2-1-3-5-11/h1-8,13,18H,9H2/t13-/m0/s1. The van der Waals surface area contributed by atoms with Crippen molar-refractivity contribution in [3.63, 3.8) is 0 Å². The topological polar surface area (TPSA) is 66.5 Å². The summed E-state index contributed by atoms with van der Waals surface area (Å²) in [5, 5.41) is 0. The van der Waals surface area contributed by atoms with Crippen LogP contribution in [0.5, 0.6) is 0 Å². The number of β-lactam (4-membered cyclic amide) rings is 1. The summed E-state index contributed by atoms with van der Waals surface area (Å²) in [6.07, 6.45) is 0. The second kappa shape index (κ2) is 5.71. The van der Waals surface area contributed by atoms with Crippen LogP contribution in [0.2, 0.25) is 0 Å². The van der Waals surface area contributed by atoms with E-state index in [9.17, 15) is 22.0 Å². The van der Waals surface area contributed by atoms with Crippen molar-refractivity contribution in [2.45, 2.75) is 10.9 Å². The third kappa shape index (κ3) is 2.95. The first-order valence-electron chi connectivity index (χ1n) is 6.72. The average molecular weight is 338 g/mol. The summed E-state index contributed by atoms with van der Waals surface area (Å²) >= 11 is 0. The van der Waals surface area contributed by atoms with Gasteiger partial charge in [-0.05, 0) is 30.3 Å². The predicted molar refractivity (Wildman–Crippen MR) is 79.3 cm³/mol. The van der Waals surface area contributed by atoms with Crippen LogP contribution in [0.25, 0.3) is 0 Å². The Balaban J connectivity index is 1.76. The molecular weight excluding hydrogens is 326 g/mol. The van der Waals surface area contributed by atoms with Gasteiger partial charge >= 0.3 is 0 Å². The molecule has 5 nitrogen and oxygen atoms in total. The minimum Gasteiger partial charge on any atom is -0.309 e. The summed E-state index contributed by atoms with van der Waals surface area (Å²) in [4.78, 5) is 12.6. The number of nitrogens with one attached hydrogen (secondary N) is 1. The lowest BCUT2D eigenvalue weighted by Gasteiger charge is -2.38. The summed E-state index contributed by atoms with van der Waals surface area (Å²) in [6, 6.07) is 9.86. The lowest BCUT2D eigenvalue weighted by molar-refractivity contribution is -0.124. The minimum absolute atomic E-state index is 0.124. The first-order chi connectivity index (χ1) is 10.9. The summed E-state index contributed by atoms with van der Waals surface area (Å²) in [5.41, 5.74) is 0.643. The van der Waals surface area contributed by atoms with E-state index in [2.05, 4.69) is 4.72 Å². The SMILES string of the molecule is O=C1[C@@H](NS(=O)(=O)c2cc(F)ccc2F)CN1c1ccccc1. The number of rotatable bonds is 4. The molecule has 1 aliphatic heterocycles. The fraction of sp³-hybridized carbons (Fsp3) is 0.133. The average Bonchev–Trinajstić information content (AvgIpc) is 2.53. The number of benzene rings is 2. The van der Waals surface area contributed by atoms with Gasteiger partial charge in [0.05, 0.1) is 6.54 Å². The zero-order chi connectivity index (χ0) is 16.6. The summed E-state index contributed by atoms with van der Waals surface area (Å²) in [6.45, 7) is 0.124. The molecule has 1 fully saturated rings. The Morgan fingerprint density at radius 1 is 1.09 bits per heavy atom. The number of halogens is 2. The van der Waals surface area contributed by atoms with Gasteiger partial charge in [-0.15, -0.1) is 0 Å². The van der Waals surface area contributed by atoms with Crippen molar-refractivity contribution in [3.8, 4) is 0 Å². The quantitative estimate of drug-likeness (QED) is 0.862. The van der Waals surface area contributed by atoms with Crippen molar-refractivity contribution in [2.24, 2.45) is 0 Å². The van der Waals surface area contributed by atoms with Crippen LogP contribution in [0.3, 0.4) is 0 Å². The number of hydrogen-bond acceptors (Lipinski definition) is 3. The van der Waals surface area contributed by atoms with E-state index in [0.29, 0.717) is 11.8 Å². The van der Waals surface area contributed by atoms with Crippen LogP contribution >= 0.6 is 0 Å². The van der Waals surface area contributed by atoms with Crippen molar-refractivity contribution in [3.05, 3.63) is 60.2 Å². The zero-order valence-corrected chi connectivity index (χ0v) is 12.6. The molecule has 0 aliphatic carbocycles. The molecule has 8 heteroatoms. The Kier molecular flexibility index (Phi) is 3.87. The third-order valence-corrected chi connectivity index (χ3v) is 4.96. The molecule has 2 aromatic rings. The monoisotopic (exact) mass is 338 g/mol. The van der Waals surface area contributed by atoms with Gasteiger partial charge in [-0.25, -0.2) is 17.2 Å². The molecule has 0 unspecified atom stereocenters. The molecule has 3 rings (SSSR count). The van der Waals surface area contributed by atoms with Gasteiger partial charge in [0.2, 0.25) is 15.9 Å². The molecule has 23 heavy (non-hydrogen) atoms. The third-order valence-electron chi connectivity index (χ3n) is 3.48. The molecule has 1 N–H and O–H groups in total. The Morgan fingerprint density at radius 2 is 1.78 bits per heavy atom. The lowest BCUT2D eigenvalue weighted by Crippen LogP contribution is -2.64. The van der Waals surface area contributed by atoms with Gasteiger partial charge in [0.25, 0.3) is 0 Å². The maximum absolute atomic E-state index is 13.6. The van der Waals surface area contributed by atoms with Gasteiger partial charge < -0.3 is 4.90 Å². The fourth-order valence-corrected chi connectivity index (χ4v) is 3.56. The van der Waals surface area contributed by atoms with E-state index in [1.807, 2.05) is 0 Å². The summed E-state index contributed by atoms with van der Waals surface area (Å²) in [5.74, 6) is -2.40. The smallest absolute Gasteiger partial charge is 0.247 e. The highest BCUT2D eigenvalue weighted by Gasteiger charge is 2.40. The predicted octanol–water partition coefficient (Wildman–Crippen LogP) is 1.66. The van der Waals surface area contributed by atoms with E-state index < -0.39 is 38.5 Å². The second-order valence-corrected chi connectivity index (χ2v) is 6.72. The van der Waals surface area contributed by atoms with Crippen molar-refractivity contribution in [1.82, 2.24) is 4.72 Å². The molecule has 0 bridgehead atoms. The first kappa shape index (κ1) is 15.6. The number of carbonyl (C=O) groups excluding carboxylic acids is 1. The number of hydrogen-bond donors (Lipinski definition) is 1. The molecule has 1 aliphatic rings. The van der Waals surface area contributed by atoms with Gasteiger partial charge in [-0.2, -0.15) is 4.72 Å². The highest BCUT2D eigenvalue weighted by Crippen LogP contribution is 2.23. The first-order valence-corrected chi connectivity index (χ1v) is 8.20. The molecule has 0 spiro atoms. The van der Waals surface area contributed by atoms with Crippen LogP contribution in [0.15, 0.2) is 53.4 Å². The molecule has 2 aromatic carbocycles. The molecule has 1 heterocycles. The zero-order valence-electron chi connectivity index (χ0n) is 11.7. The Bertz CT molecular complexity index is 856. The van der Waals surface area contributed by atoms with Crippen molar-refractivity contribution in [2.75, 3.05) is 11.4 Å². The number of nitrogens with zero attached hydrogens (tertiary/aromatic N) is 1. The van der Waals surface area contributed by atoms with Crippen LogP contribution in [-0.2, 0) is 14.8 Å². The Morgan fingerprint density at radius 3 is 2.43 bits per heavy atom. The molecule has 1 amide bonds. The van der Waals surface area contributed by atoms with Crippen LogP contribution in [0.1, 0.15) is 0 Å². The minimum atomic E-state index is -4.32. The molecular formula is C15H12F2N2O3S. The highest BCUT2D eigenvalue weighted by molar-refractivity contribution is 7.89. The second-order valence-electron chi connectivity index (χ2n) is 5.03. The molecule has 0 saturated carbocycles. The summed E-state index contributed by atoms with van der Waals surface area (Å²) < 4.78 is 53.1. The lowest BCUT2D eigenvalue weighted by atomic mass is 10.1. The van der Waals surface area contributed by atoms with Gasteiger partial charge in [0.15, 0.2) is 0 Å². The van der Waals surface area contributed by atoms with Crippen molar-refractivity contribution in [1.29, 1.82) is 0 Å². The Labute approximate surface area is 131 Å². The maximum atomic E-state index is 13.6. The number of para-hydroxylation sites is 1. The highest BCUT2D eigenvalue weighted by atomic mass is 32.2. The summed E-state index contributed by atoms with van der Waals surface area (Å²) in [7, 11) is -4.32. The number of carbonyl (C=O) groups is 1. The van der Waals surface area contributed by atoms with Crippen LogP contribution in [0, 0.1) is 11.6 Å². The van der Waals surface area contributed by atoms with E-state index in [0.717, 1.165) is 12.1 Å². The van der Waals surface area contributed by atoms with Gasteiger partial charge in [0, 0.05) is 5.69 Å². The van der Waals surface area contributed by atoms with Crippen LogP contribution < -0.4 is 9.62 Å². The van der Waals surface area contributed by atoms with E-state index in [1.54, 1.807) is 30.3 Å². The molecule has 1 atom stereocenters. The molecule has 0 radical (unpaired) electrons. The fourth-order valence-electron chi connectivity index (χ4n) is 2.29. The van der Waals surface area contributed by atoms with E-state index in [-0.39, 0.29) is 6.54 Å². The van der Waals surface area contributed by atoms with Crippen LogP contribution in [-0.4, -0.2) is 26.9 Å². The van der Waals surface area contributed by atoms with Crippen LogP contribution in [0.4, 0.5) is 14.5 Å². The number of amides is 1. The number of anilines is 1. The maximum Gasteiger partial charge on any atom is 0.247 e. The Hall–Kier alpha value is -2.32. The van der Waals surface area contributed by atoms with Crippen molar-refractivity contribution >= 4 is 21.6 Å². The van der Waals surface area contributed by atoms with Gasteiger partial charge in [-0.3, -0.25) is 4.79 Å². The van der Waals surface area contributed by atoms with Crippen molar-refractivity contribution < 1.29 is 22.0 Å². The van der Waals surface area contributed by atoms with Gasteiger partial charge in [-0.1, -0.05) is 18.2 Å². The molecule has 1 saturated heterocycles. The van der Waals surface area contributed by atoms with E-state index >= 15 is 0 Å². The normalized spacial score (nSPS) is 17.9. The van der Waals surface area contributed by atoms with Gasteiger partial charge in [0.1, 0.15) is 22.6 Å². The van der Waals surface area contributed by atoms with E-state index in [1.165, 1.54) is 4.90 Å².